The molecule has 2 aliphatic rings. The van der Waals surface area contributed by atoms with Crippen LogP contribution in [0.2, 0.25) is 5.28 Å². The maximum atomic E-state index is 14.7. The Morgan fingerprint density at radius 2 is 2.00 bits per heavy atom. The molecule has 1 amide bonds. The summed E-state index contributed by atoms with van der Waals surface area (Å²) in [7, 11) is 0. The predicted octanol–water partition coefficient (Wildman–Crippen LogP) is 5.75. The summed E-state index contributed by atoms with van der Waals surface area (Å²) in [6.07, 6.45) is 2.17. The summed E-state index contributed by atoms with van der Waals surface area (Å²) in [5, 5.41) is 6.04. The lowest BCUT2D eigenvalue weighted by Gasteiger charge is -2.20. The summed E-state index contributed by atoms with van der Waals surface area (Å²) >= 11 is 6.15. The van der Waals surface area contributed by atoms with Crippen molar-refractivity contribution < 1.29 is 22.8 Å². The van der Waals surface area contributed by atoms with Crippen molar-refractivity contribution in [1.29, 1.82) is 0 Å². The van der Waals surface area contributed by atoms with E-state index < -0.39 is 23.8 Å². The molecule has 2 N–H and O–H groups in total. The fourth-order valence-corrected chi connectivity index (χ4v) is 5.38. The van der Waals surface area contributed by atoms with Crippen LogP contribution >= 0.6 is 11.6 Å². The molecule has 1 saturated heterocycles. The van der Waals surface area contributed by atoms with E-state index in [1.165, 1.54) is 12.1 Å². The third kappa shape index (κ3) is 6.17. The topological polar surface area (TPSA) is 84.0 Å². The molecule has 0 saturated carbocycles. The van der Waals surface area contributed by atoms with E-state index in [1.807, 2.05) is 0 Å². The van der Waals surface area contributed by atoms with E-state index in [0.29, 0.717) is 50.9 Å². The van der Waals surface area contributed by atoms with Crippen LogP contribution in [0.4, 0.5) is 19.0 Å². The van der Waals surface area contributed by atoms with Gasteiger partial charge >= 0.3 is 0 Å². The second-order valence-electron chi connectivity index (χ2n) is 9.69. The van der Waals surface area contributed by atoms with Crippen LogP contribution in [-0.2, 0) is 22.4 Å². The fourth-order valence-electron chi connectivity index (χ4n) is 5.20. The quantitative estimate of drug-likeness (QED) is 0.431. The van der Waals surface area contributed by atoms with E-state index in [2.05, 4.69) is 20.6 Å². The maximum absolute atomic E-state index is 14.7. The molecular weight excluding hydrogens is 493 g/mol. The molecule has 1 aliphatic heterocycles. The Morgan fingerprint density at radius 3 is 2.78 bits per heavy atom. The van der Waals surface area contributed by atoms with Crippen molar-refractivity contribution in [2.24, 2.45) is 11.8 Å². The van der Waals surface area contributed by atoms with Gasteiger partial charge in [0.25, 0.3) is 6.43 Å². The molecule has 6 nitrogen and oxygen atoms in total. The number of nitrogens with zero attached hydrogens (tertiary/aromatic N) is 2. The second kappa shape index (κ2) is 11.6. The number of anilines is 1. The van der Waals surface area contributed by atoms with Crippen molar-refractivity contribution in [3.63, 3.8) is 0 Å². The van der Waals surface area contributed by atoms with Crippen LogP contribution < -0.4 is 10.6 Å². The van der Waals surface area contributed by atoms with Crippen LogP contribution in [0.25, 0.3) is 0 Å². The van der Waals surface area contributed by atoms with Crippen LogP contribution in [0.1, 0.15) is 80.3 Å². The Balaban J connectivity index is 1.40. The average molecular weight is 523 g/mol. The van der Waals surface area contributed by atoms with Crippen molar-refractivity contribution in [1.82, 2.24) is 15.3 Å². The van der Waals surface area contributed by atoms with Gasteiger partial charge in [-0.15, -0.1) is 0 Å². The van der Waals surface area contributed by atoms with Gasteiger partial charge in [0.2, 0.25) is 11.2 Å². The summed E-state index contributed by atoms with van der Waals surface area (Å²) in [5.41, 5.74) is 1.13. The van der Waals surface area contributed by atoms with Gasteiger partial charge in [0.15, 0.2) is 0 Å². The molecule has 1 aromatic carbocycles. The van der Waals surface area contributed by atoms with E-state index in [-0.39, 0.29) is 34.4 Å². The number of nitrogens with one attached hydrogen (secondary N) is 2. The molecule has 2 unspecified atom stereocenters. The average Bonchev–Trinajstić information content (AvgIpc) is 3.22. The first-order chi connectivity index (χ1) is 17.2. The van der Waals surface area contributed by atoms with Crippen LogP contribution in [0, 0.1) is 17.7 Å². The molecule has 0 bridgehead atoms. The summed E-state index contributed by atoms with van der Waals surface area (Å²) in [6.45, 7) is 2.21. The van der Waals surface area contributed by atoms with Crippen molar-refractivity contribution in [3.8, 4) is 0 Å². The number of benzene rings is 1. The van der Waals surface area contributed by atoms with E-state index in [1.54, 1.807) is 6.92 Å². The first kappa shape index (κ1) is 26.4. The molecule has 4 rings (SSSR count). The number of rotatable bonds is 8. The number of amides is 1. The van der Waals surface area contributed by atoms with Crippen molar-refractivity contribution in [2.45, 2.75) is 70.8 Å². The van der Waals surface area contributed by atoms with Gasteiger partial charge in [-0.05, 0) is 63.0 Å². The Kier molecular flexibility index (Phi) is 8.49. The zero-order valence-corrected chi connectivity index (χ0v) is 20.9. The van der Waals surface area contributed by atoms with Crippen molar-refractivity contribution in [2.75, 3.05) is 11.9 Å². The third-order valence-electron chi connectivity index (χ3n) is 7.18. The lowest BCUT2D eigenvalue weighted by molar-refractivity contribution is -0.126. The highest BCUT2D eigenvalue weighted by atomic mass is 35.5. The molecule has 10 heteroatoms. The number of carbonyl (C=O) groups is 2. The minimum Gasteiger partial charge on any atom is -0.363 e. The molecule has 1 aliphatic carbocycles. The van der Waals surface area contributed by atoms with Crippen LogP contribution in [-0.4, -0.2) is 28.2 Å². The van der Waals surface area contributed by atoms with Gasteiger partial charge in [-0.3, -0.25) is 9.59 Å². The smallest absolute Gasteiger partial charge is 0.266 e. The molecule has 0 spiro atoms. The van der Waals surface area contributed by atoms with Crippen LogP contribution in [0.3, 0.4) is 0 Å². The number of aromatic nitrogens is 2. The second-order valence-corrected chi connectivity index (χ2v) is 10.0. The number of hydrogen-bond donors (Lipinski definition) is 2. The summed E-state index contributed by atoms with van der Waals surface area (Å²) in [5.74, 6) is -0.0288. The summed E-state index contributed by atoms with van der Waals surface area (Å²) < 4.78 is 40.9. The van der Waals surface area contributed by atoms with E-state index in [0.717, 1.165) is 30.2 Å². The Hall–Kier alpha value is -2.68. The number of ketones is 1. The Labute approximate surface area is 213 Å². The molecule has 1 fully saturated rings. The van der Waals surface area contributed by atoms with E-state index in [9.17, 15) is 22.8 Å². The minimum absolute atomic E-state index is 0.0272. The first-order valence-electron chi connectivity index (χ1n) is 12.4. The lowest BCUT2D eigenvalue weighted by atomic mass is 9.88. The molecule has 1 aromatic heterocycles. The number of carbonyl (C=O) groups excluding carboxylic acids is 2. The molecule has 36 heavy (non-hydrogen) atoms. The van der Waals surface area contributed by atoms with Crippen LogP contribution in [0.5, 0.6) is 0 Å². The molecular formula is C26H30ClF3N4O2. The van der Waals surface area contributed by atoms with Gasteiger partial charge in [0.05, 0.1) is 17.3 Å². The van der Waals surface area contributed by atoms with Gasteiger partial charge in [-0.1, -0.05) is 18.2 Å². The molecule has 2 aromatic rings. The highest BCUT2D eigenvalue weighted by molar-refractivity contribution is 6.28. The Morgan fingerprint density at radius 1 is 1.22 bits per heavy atom. The standard InChI is InChI=1S/C26H30ClF3N4O2/c1-14(17-5-3-6-18(23(17)28)24(29)30)32-25-19-12-15(13-20(19)33-26(27)34-25)8-9-21(35)16-4-2-7-22(36)31-11-10-16/h3,5-6,14-16,24H,2,4,7-13H2,1H3,(H,31,36)(H,32,33,34)/t14-,15?,16?/m1/s1. The van der Waals surface area contributed by atoms with Crippen molar-refractivity contribution in [3.05, 3.63) is 51.7 Å². The van der Waals surface area contributed by atoms with E-state index in [4.69, 9.17) is 11.6 Å². The van der Waals surface area contributed by atoms with E-state index >= 15 is 0 Å². The largest absolute Gasteiger partial charge is 0.363 e. The van der Waals surface area contributed by atoms with Gasteiger partial charge in [0, 0.05) is 36.4 Å². The lowest BCUT2D eigenvalue weighted by Crippen LogP contribution is -2.30. The predicted molar refractivity (Wildman–Crippen MR) is 131 cm³/mol. The van der Waals surface area contributed by atoms with Crippen molar-refractivity contribution >= 4 is 29.1 Å². The number of fused-ring (bicyclic) bond motifs is 1. The maximum Gasteiger partial charge on any atom is 0.266 e. The van der Waals surface area contributed by atoms with Crippen LogP contribution in [0.15, 0.2) is 18.2 Å². The SMILES string of the molecule is C[C@@H](Nc1nc(Cl)nc2c1CC(CCC(=O)C1CCCC(=O)NCC1)C2)c1cccc(C(F)F)c1F. The number of halogens is 4. The highest BCUT2D eigenvalue weighted by Crippen LogP contribution is 2.36. The number of hydrogen-bond acceptors (Lipinski definition) is 5. The van der Waals surface area contributed by atoms with Gasteiger partial charge < -0.3 is 10.6 Å². The molecule has 2 heterocycles. The minimum atomic E-state index is -2.90. The zero-order chi connectivity index (χ0) is 25.8. The van der Waals surface area contributed by atoms with Gasteiger partial charge in [-0.2, -0.15) is 0 Å². The zero-order valence-electron chi connectivity index (χ0n) is 20.1. The van der Waals surface area contributed by atoms with Gasteiger partial charge in [-0.25, -0.2) is 23.1 Å². The molecule has 3 atom stereocenters. The third-order valence-corrected chi connectivity index (χ3v) is 7.35. The monoisotopic (exact) mass is 522 g/mol. The molecule has 194 valence electrons. The normalized spacial score (nSPS) is 20.9. The first-order valence-corrected chi connectivity index (χ1v) is 12.8. The van der Waals surface area contributed by atoms with Gasteiger partial charge in [0.1, 0.15) is 17.4 Å². The Bertz CT molecular complexity index is 1120. The fraction of sp³-hybridized carbons (Fsp3) is 0.538. The molecule has 0 radical (unpaired) electrons. The number of alkyl halides is 2. The summed E-state index contributed by atoms with van der Waals surface area (Å²) in [6, 6.07) is 3.33. The number of Topliss-reactive ketones (excluding diaryl/α,β-unsaturated/α-hetero) is 1. The summed E-state index contributed by atoms with van der Waals surface area (Å²) in [4.78, 5) is 33.0. The highest BCUT2D eigenvalue weighted by Gasteiger charge is 2.30.